The Morgan fingerprint density at radius 1 is 1.32 bits per heavy atom. The number of anilines is 1. The molecule has 0 aliphatic carbocycles. The molecule has 19 heavy (non-hydrogen) atoms. The molecule has 1 aromatic rings. The maximum Gasteiger partial charge on any atom is 0.322 e. The van der Waals surface area contributed by atoms with Gasteiger partial charge in [-0.1, -0.05) is 18.2 Å². The van der Waals surface area contributed by atoms with Gasteiger partial charge >= 0.3 is 5.97 Å². The van der Waals surface area contributed by atoms with E-state index in [-0.39, 0.29) is 12.0 Å². The van der Waals surface area contributed by atoms with Crippen molar-refractivity contribution in [1.82, 2.24) is 4.90 Å². The minimum Gasteiger partial charge on any atom is -0.468 e. The topological polar surface area (TPSA) is 32.8 Å². The van der Waals surface area contributed by atoms with Crippen molar-refractivity contribution in [3.63, 3.8) is 0 Å². The van der Waals surface area contributed by atoms with Gasteiger partial charge in [-0.15, -0.1) is 0 Å². The zero-order valence-electron chi connectivity index (χ0n) is 11.9. The van der Waals surface area contributed by atoms with Crippen LogP contribution in [0.4, 0.5) is 5.69 Å². The third kappa shape index (κ3) is 3.07. The molecule has 104 valence electrons. The van der Waals surface area contributed by atoms with Crippen molar-refractivity contribution in [2.24, 2.45) is 0 Å². The number of para-hydroxylation sites is 1. The van der Waals surface area contributed by atoms with Crippen LogP contribution < -0.4 is 4.90 Å². The van der Waals surface area contributed by atoms with Crippen molar-refractivity contribution in [3.05, 3.63) is 30.3 Å². The first-order chi connectivity index (χ1) is 9.13. The summed E-state index contributed by atoms with van der Waals surface area (Å²) < 4.78 is 4.82. The summed E-state index contributed by atoms with van der Waals surface area (Å²) in [6.45, 7) is 6.81. The second kappa shape index (κ2) is 6.06. The highest BCUT2D eigenvalue weighted by Gasteiger charge is 2.29. The first-order valence-corrected chi connectivity index (χ1v) is 6.77. The normalized spacial score (nSPS) is 22.1. The van der Waals surface area contributed by atoms with Crippen LogP contribution in [0.5, 0.6) is 0 Å². The highest BCUT2D eigenvalue weighted by molar-refractivity contribution is 5.75. The molecule has 4 nitrogen and oxygen atoms in total. The fourth-order valence-electron chi connectivity index (χ4n) is 2.66. The van der Waals surface area contributed by atoms with Crippen molar-refractivity contribution in [3.8, 4) is 0 Å². The highest BCUT2D eigenvalue weighted by Crippen LogP contribution is 2.21. The third-order valence-electron chi connectivity index (χ3n) is 3.84. The Balaban J connectivity index is 2.01. The summed E-state index contributed by atoms with van der Waals surface area (Å²) >= 11 is 0. The second-order valence-electron chi connectivity index (χ2n) is 5.07. The van der Waals surface area contributed by atoms with E-state index in [4.69, 9.17) is 4.74 Å². The summed E-state index contributed by atoms with van der Waals surface area (Å²) in [6.07, 6.45) is 0. The highest BCUT2D eigenvalue weighted by atomic mass is 16.5. The molecular weight excluding hydrogens is 240 g/mol. The number of benzene rings is 1. The lowest BCUT2D eigenvalue weighted by Crippen LogP contribution is -2.56. The average molecular weight is 262 g/mol. The molecule has 1 unspecified atom stereocenters. The van der Waals surface area contributed by atoms with Gasteiger partial charge in [0, 0.05) is 31.4 Å². The first-order valence-electron chi connectivity index (χ1n) is 6.77. The molecule has 0 spiro atoms. The Morgan fingerprint density at radius 2 is 2.00 bits per heavy atom. The molecule has 4 heteroatoms. The number of ether oxygens (including phenoxy) is 1. The number of esters is 1. The van der Waals surface area contributed by atoms with Crippen molar-refractivity contribution < 1.29 is 9.53 Å². The van der Waals surface area contributed by atoms with Crippen molar-refractivity contribution in [2.75, 3.05) is 31.6 Å². The maximum atomic E-state index is 11.6. The number of nitrogens with zero attached hydrogens (tertiary/aromatic N) is 2. The van der Waals surface area contributed by atoms with Gasteiger partial charge in [-0.2, -0.15) is 0 Å². The third-order valence-corrected chi connectivity index (χ3v) is 3.84. The van der Waals surface area contributed by atoms with Crippen LogP contribution in [-0.4, -0.2) is 49.7 Å². The van der Waals surface area contributed by atoms with E-state index in [1.807, 2.05) is 13.0 Å². The number of hydrogen-bond donors (Lipinski definition) is 0. The van der Waals surface area contributed by atoms with E-state index >= 15 is 0 Å². The lowest BCUT2D eigenvalue weighted by molar-refractivity contribution is -0.146. The summed E-state index contributed by atoms with van der Waals surface area (Å²) in [5, 5.41) is 0. The van der Waals surface area contributed by atoms with E-state index in [1.165, 1.54) is 12.8 Å². The molecule has 0 saturated carbocycles. The van der Waals surface area contributed by atoms with Gasteiger partial charge in [-0.05, 0) is 26.0 Å². The van der Waals surface area contributed by atoms with Gasteiger partial charge in [0.15, 0.2) is 0 Å². The van der Waals surface area contributed by atoms with Crippen LogP contribution in [0.2, 0.25) is 0 Å². The number of carbonyl (C=O) groups excluding carboxylic acids is 1. The fourth-order valence-corrected chi connectivity index (χ4v) is 2.66. The Morgan fingerprint density at radius 3 is 2.58 bits per heavy atom. The van der Waals surface area contributed by atoms with E-state index < -0.39 is 0 Å². The van der Waals surface area contributed by atoms with E-state index in [1.54, 1.807) is 0 Å². The molecule has 1 fully saturated rings. The molecule has 1 aliphatic rings. The van der Waals surface area contributed by atoms with E-state index in [0.717, 1.165) is 19.6 Å². The lowest BCUT2D eigenvalue weighted by Gasteiger charge is -2.42. The SMILES string of the molecule is COC(=O)C(C)N1CCN(c2ccccc2)[C@H](C)C1. The molecule has 0 bridgehead atoms. The number of rotatable bonds is 3. The number of hydrogen-bond acceptors (Lipinski definition) is 4. The second-order valence-corrected chi connectivity index (χ2v) is 5.07. The number of carbonyl (C=O) groups is 1. The molecule has 1 heterocycles. The maximum absolute atomic E-state index is 11.6. The predicted molar refractivity (Wildman–Crippen MR) is 76.3 cm³/mol. The van der Waals surface area contributed by atoms with E-state index in [0.29, 0.717) is 6.04 Å². The van der Waals surface area contributed by atoms with Crippen LogP contribution in [0.15, 0.2) is 30.3 Å². The predicted octanol–water partition coefficient (Wildman–Crippen LogP) is 1.76. The Kier molecular flexibility index (Phi) is 4.43. The van der Waals surface area contributed by atoms with Gasteiger partial charge in [0.2, 0.25) is 0 Å². The molecule has 1 aromatic carbocycles. The Hall–Kier alpha value is -1.55. The van der Waals surface area contributed by atoms with Crippen molar-refractivity contribution >= 4 is 11.7 Å². The quantitative estimate of drug-likeness (QED) is 0.777. The van der Waals surface area contributed by atoms with Crippen molar-refractivity contribution in [2.45, 2.75) is 25.9 Å². The largest absolute Gasteiger partial charge is 0.468 e. The zero-order chi connectivity index (χ0) is 13.8. The smallest absolute Gasteiger partial charge is 0.322 e. The molecule has 1 aliphatic heterocycles. The Bertz CT molecular complexity index is 421. The van der Waals surface area contributed by atoms with Gasteiger partial charge < -0.3 is 9.64 Å². The minimum absolute atomic E-state index is 0.152. The average Bonchev–Trinajstić information content (AvgIpc) is 2.46. The van der Waals surface area contributed by atoms with Crippen LogP contribution in [0.25, 0.3) is 0 Å². The summed E-state index contributed by atoms with van der Waals surface area (Å²) in [5.74, 6) is -0.152. The fraction of sp³-hybridized carbons (Fsp3) is 0.533. The van der Waals surface area contributed by atoms with Crippen LogP contribution in [0.1, 0.15) is 13.8 Å². The van der Waals surface area contributed by atoms with Crippen LogP contribution in [0.3, 0.4) is 0 Å². The number of piperazine rings is 1. The monoisotopic (exact) mass is 262 g/mol. The molecular formula is C15H22N2O2. The van der Waals surface area contributed by atoms with E-state index in [9.17, 15) is 4.79 Å². The Labute approximate surface area is 115 Å². The van der Waals surface area contributed by atoms with Gasteiger partial charge in [0.05, 0.1) is 7.11 Å². The van der Waals surface area contributed by atoms with Crippen LogP contribution in [0, 0.1) is 0 Å². The molecule has 0 amide bonds. The molecule has 0 N–H and O–H groups in total. The standard InChI is InChI=1S/C15H22N2O2/c1-12-11-16(13(2)15(18)19-3)9-10-17(12)14-7-5-4-6-8-14/h4-8,12-13H,9-11H2,1-3H3/t12-,13?/m1/s1. The van der Waals surface area contributed by atoms with Gasteiger partial charge in [-0.3, -0.25) is 9.69 Å². The molecule has 2 atom stereocenters. The van der Waals surface area contributed by atoms with Gasteiger partial charge in [-0.25, -0.2) is 0 Å². The minimum atomic E-state index is -0.162. The molecule has 1 saturated heterocycles. The van der Waals surface area contributed by atoms with Crippen LogP contribution in [-0.2, 0) is 9.53 Å². The summed E-state index contributed by atoms with van der Waals surface area (Å²) in [4.78, 5) is 16.2. The summed E-state index contributed by atoms with van der Waals surface area (Å²) in [6, 6.07) is 10.7. The molecule has 2 rings (SSSR count). The lowest BCUT2D eigenvalue weighted by atomic mass is 10.1. The van der Waals surface area contributed by atoms with Crippen LogP contribution >= 0.6 is 0 Å². The van der Waals surface area contributed by atoms with Gasteiger partial charge in [0.25, 0.3) is 0 Å². The number of methoxy groups -OCH3 is 1. The van der Waals surface area contributed by atoms with Gasteiger partial charge in [0.1, 0.15) is 6.04 Å². The summed E-state index contributed by atoms with van der Waals surface area (Å²) in [7, 11) is 1.45. The zero-order valence-corrected chi connectivity index (χ0v) is 11.9. The summed E-state index contributed by atoms with van der Waals surface area (Å²) in [5.41, 5.74) is 1.25. The van der Waals surface area contributed by atoms with E-state index in [2.05, 4.69) is 41.0 Å². The first kappa shape index (κ1) is 13.9. The molecule has 0 radical (unpaired) electrons. The van der Waals surface area contributed by atoms with Crippen molar-refractivity contribution in [1.29, 1.82) is 0 Å². The molecule has 0 aromatic heterocycles.